The van der Waals surface area contributed by atoms with E-state index in [1.165, 1.54) is 0 Å². The molecule has 3 aromatic rings. The van der Waals surface area contributed by atoms with Gasteiger partial charge in [-0.1, -0.05) is 17.6 Å². The fraction of sp³-hybridized carbons (Fsp3) is 0.263. The number of rotatable bonds is 4. The van der Waals surface area contributed by atoms with Crippen LogP contribution in [0.5, 0.6) is 0 Å². The molecule has 0 radical (unpaired) electrons. The molecule has 4 heterocycles. The summed E-state index contributed by atoms with van der Waals surface area (Å²) in [4.78, 5) is 21.5. The number of allylic oxidation sites excluding steroid dienone is 1. The number of nitrogen functional groups attached to an aromatic ring is 1. The van der Waals surface area contributed by atoms with E-state index in [0.717, 1.165) is 48.2 Å². The normalized spacial score (nSPS) is 17.6. The van der Waals surface area contributed by atoms with Crippen LogP contribution in [0.25, 0.3) is 17.0 Å². The molecule has 8 nitrogen and oxygen atoms in total. The van der Waals surface area contributed by atoms with Crippen LogP contribution >= 0.6 is 0 Å². The number of hydrogen-bond acceptors (Lipinski definition) is 8. The molecular formula is C19H17N7O. The molecule has 0 amide bonds. The van der Waals surface area contributed by atoms with Crippen molar-refractivity contribution in [1.29, 1.82) is 0 Å². The first-order valence-electron chi connectivity index (χ1n) is 8.86. The van der Waals surface area contributed by atoms with Crippen molar-refractivity contribution in [2.24, 2.45) is 4.99 Å². The Morgan fingerprint density at radius 3 is 2.52 bits per heavy atom. The summed E-state index contributed by atoms with van der Waals surface area (Å²) >= 11 is 0. The second-order valence-corrected chi connectivity index (χ2v) is 6.76. The Morgan fingerprint density at radius 1 is 1.04 bits per heavy atom. The largest absolute Gasteiger partial charge is 0.368 e. The van der Waals surface area contributed by atoms with Crippen LogP contribution in [0.3, 0.4) is 0 Å². The standard InChI is InChI=1S/C19H17N7O/c20-18-23-9-12(10-24-18)14-5-4-13(11-22-14)19(6-2-7-19)17-25-16(27-26-17)15-3-1-8-21-15/h3-5,8-11H,1-2,6-7H2,(H2,20,23,24). The predicted octanol–water partition coefficient (Wildman–Crippen LogP) is 2.79. The Labute approximate surface area is 155 Å². The second kappa shape index (κ2) is 6.08. The summed E-state index contributed by atoms with van der Waals surface area (Å²) in [6.07, 6.45) is 12.9. The number of pyridine rings is 1. The minimum Gasteiger partial charge on any atom is -0.368 e. The summed E-state index contributed by atoms with van der Waals surface area (Å²) in [5.74, 6) is 1.43. The SMILES string of the molecule is Nc1ncc(-c2ccc(C3(c4noc(C5=CCC=N5)n4)CCC3)cn2)cn1. The molecule has 3 aromatic heterocycles. The highest BCUT2D eigenvalue weighted by Crippen LogP contribution is 2.48. The van der Waals surface area contributed by atoms with Crippen LogP contribution in [0.4, 0.5) is 5.95 Å². The first-order valence-corrected chi connectivity index (χ1v) is 8.86. The molecule has 2 aliphatic rings. The molecule has 1 aliphatic heterocycles. The maximum Gasteiger partial charge on any atom is 0.276 e. The van der Waals surface area contributed by atoms with Gasteiger partial charge in [-0.05, 0) is 30.5 Å². The predicted molar refractivity (Wildman–Crippen MR) is 99.7 cm³/mol. The third-order valence-electron chi connectivity index (χ3n) is 5.21. The summed E-state index contributed by atoms with van der Waals surface area (Å²) in [6.45, 7) is 0. The van der Waals surface area contributed by atoms with Gasteiger partial charge in [-0.2, -0.15) is 4.98 Å². The molecule has 0 unspecified atom stereocenters. The van der Waals surface area contributed by atoms with E-state index in [-0.39, 0.29) is 11.4 Å². The Kier molecular flexibility index (Phi) is 3.56. The van der Waals surface area contributed by atoms with Crippen LogP contribution in [0.1, 0.15) is 43.0 Å². The summed E-state index contributed by atoms with van der Waals surface area (Å²) in [7, 11) is 0. The van der Waals surface area contributed by atoms with Crippen molar-refractivity contribution in [2.75, 3.05) is 5.73 Å². The number of aliphatic imine (C=N–C) groups is 1. The highest BCUT2D eigenvalue weighted by molar-refractivity contribution is 5.78. The molecule has 0 bridgehead atoms. The lowest BCUT2D eigenvalue weighted by Crippen LogP contribution is -2.36. The van der Waals surface area contributed by atoms with Crippen LogP contribution in [0.2, 0.25) is 0 Å². The molecule has 1 fully saturated rings. The number of nitrogens with zero attached hydrogens (tertiary/aromatic N) is 6. The molecule has 27 heavy (non-hydrogen) atoms. The average Bonchev–Trinajstić information content (AvgIpc) is 3.34. The zero-order chi connectivity index (χ0) is 18.3. The van der Waals surface area contributed by atoms with Crippen molar-refractivity contribution < 1.29 is 4.52 Å². The summed E-state index contributed by atoms with van der Waals surface area (Å²) in [5.41, 5.74) is 8.76. The van der Waals surface area contributed by atoms with E-state index in [1.54, 1.807) is 12.4 Å². The zero-order valence-corrected chi connectivity index (χ0v) is 14.5. The van der Waals surface area contributed by atoms with Crippen LogP contribution in [0.15, 0.2) is 46.3 Å². The van der Waals surface area contributed by atoms with Crippen LogP contribution in [0, 0.1) is 0 Å². The Morgan fingerprint density at radius 2 is 1.89 bits per heavy atom. The number of nitrogens with two attached hydrogens (primary N) is 1. The smallest absolute Gasteiger partial charge is 0.276 e. The van der Waals surface area contributed by atoms with E-state index in [2.05, 4.69) is 36.2 Å². The Balaban J connectivity index is 1.47. The number of aromatic nitrogens is 5. The lowest BCUT2D eigenvalue weighted by atomic mass is 9.64. The minimum absolute atomic E-state index is 0.242. The molecular weight excluding hydrogens is 342 g/mol. The van der Waals surface area contributed by atoms with Crippen LogP contribution in [-0.2, 0) is 5.41 Å². The van der Waals surface area contributed by atoms with Crippen LogP contribution in [-0.4, -0.2) is 31.3 Å². The fourth-order valence-corrected chi connectivity index (χ4v) is 3.52. The molecule has 0 atom stereocenters. The van der Waals surface area contributed by atoms with Crippen molar-refractivity contribution in [3.05, 3.63) is 54.1 Å². The van der Waals surface area contributed by atoms with Gasteiger partial charge < -0.3 is 10.3 Å². The summed E-state index contributed by atoms with van der Waals surface area (Å²) in [6, 6.07) is 4.04. The first kappa shape index (κ1) is 15.8. The maximum atomic E-state index is 5.55. The molecule has 2 N–H and O–H groups in total. The van der Waals surface area contributed by atoms with Gasteiger partial charge >= 0.3 is 0 Å². The molecule has 0 spiro atoms. The van der Waals surface area contributed by atoms with Gasteiger partial charge in [-0.15, -0.1) is 0 Å². The first-order chi connectivity index (χ1) is 13.2. The quantitative estimate of drug-likeness (QED) is 0.761. The third-order valence-corrected chi connectivity index (χ3v) is 5.21. The van der Waals surface area contributed by atoms with E-state index in [1.807, 2.05) is 24.6 Å². The van der Waals surface area contributed by atoms with Gasteiger partial charge in [0.15, 0.2) is 5.82 Å². The highest BCUT2D eigenvalue weighted by Gasteiger charge is 2.45. The fourth-order valence-electron chi connectivity index (χ4n) is 3.52. The third kappa shape index (κ3) is 2.61. The van der Waals surface area contributed by atoms with Crippen molar-refractivity contribution in [3.8, 4) is 11.3 Å². The van der Waals surface area contributed by atoms with E-state index < -0.39 is 0 Å². The van der Waals surface area contributed by atoms with Gasteiger partial charge in [0.1, 0.15) is 5.70 Å². The van der Waals surface area contributed by atoms with E-state index in [4.69, 9.17) is 10.3 Å². The zero-order valence-electron chi connectivity index (χ0n) is 14.5. The molecule has 0 aromatic carbocycles. The van der Waals surface area contributed by atoms with Gasteiger partial charge in [-0.25, -0.2) is 9.97 Å². The van der Waals surface area contributed by atoms with Gasteiger partial charge in [0.25, 0.3) is 5.89 Å². The second-order valence-electron chi connectivity index (χ2n) is 6.76. The number of hydrogen-bond donors (Lipinski definition) is 1. The van der Waals surface area contributed by atoms with Gasteiger partial charge in [-0.3, -0.25) is 9.98 Å². The average molecular weight is 359 g/mol. The molecule has 134 valence electrons. The molecule has 8 heteroatoms. The minimum atomic E-state index is -0.242. The van der Waals surface area contributed by atoms with E-state index in [9.17, 15) is 0 Å². The van der Waals surface area contributed by atoms with Crippen LogP contribution < -0.4 is 5.73 Å². The van der Waals surface area contributed by atoms with Crippen molar-refractivity contribution >= 4 is 17.9 Å². The van der Waals surface area contributed by atoms with Gasteiger partial charge in [0.05, 0.1) is 11.1 Å². The molecule has 1 aliphatic carbocycles. The van der Waals surface area contributed by atoms with Gasteiger partial charge in [0, 0.05) is 36.8 Å². The van der Waals surface area contributed by atoms with E-state index >= 15 is 0 Å². The van der Waals surface area contributed by atoms with Crippen molar-refractivity contribution in [1.82, 2.24) is 25.1 Å². The lowest BCUT2D eigenvalue weighted by Gasteiger charge is -2.39. The summed E-state index contributed by atoms with van der Waals surface area (Å²) < 4.78 is 5.46. The van der Waals surface area contributed by atoms with Crippen molar-refractivity contribution in [2.45, 2.75) is 31.1 Å². The topological polar surface area (TPSA) is 116 Å². The monoisotopic (exact) mass is 359 g/mol. The summed E-state index contributed by atoms with van der Waals surface area (Å²) in [5, 5.41) is 4.26. The molecule has 1 saturated carbocycles. The highest BCUT2D eigenvalue weighted by atomic mass is 16.5. The molecule has 5 rings (SSSR count). The van der Waals surface area contributed by atoms with Gasteiger partial charge in [0.2, 0.25) is 5.95 Å². The Hall–Kier alpha value is -3.42. The maximum absolute atomic E-state index is 5.55. The van der Waals surface area contributed by atoms with E-state index in [0.29, 0.717) is 11.7 Å². The Bertz CT molecular complexity index is 1030. The number of anilines is 1. The lowest BCUT2D eigenvalue weighted by molar-refractivity contribution is 0.271. The van der Waals surface area contributed by atoms with Crippen molar-refractivity contribution in [3.63, 3.8) is 0 Å². The molecule has 0 saturated heterocycles.